The van der Waals surface area contributed by atoms with Gasteiger partial charge in [0.1, 0.15) is 0 Å². The van der Waals surface area contributed by atoms with Gasteiger partial charge in [0, 0.05) is 60.7 Å². The molecule has 0 aliphatic rings. The van der Waals surface area contributed by atoms with Gasteiger partial charge < -0.3 is 2.85 Å². The Labute approximate surface area is 102 Å². The maximum absolute atomic E-state index is 0. The van der Waals surface area contributed by atoms with Gasteiger partial charge >= 0.3 is 23.1 Å². The second-order valence-corrected chi connectivity index (χ2v) is 0. The summed E-state index contributed by atoms with van der Waals surface area (Å²) in [4.78, 5) is 0. The van der Waals surface area contributed by atoms with E-state index in [0.717, 1.165) is 0 Å². The fourth-order valence-electron chi connectivity index (χ4n) is 0. The molecule has 18 valence electrons. The molecule has 0 aromatic heterocycles. The Morgan fingerprint density at radius 2 is 1.00 bits per heavy atom. The Kier molecular flexibility index (Phi) is 219. The van der Waals surface area contributed by atoms with Crippen molar-refractivity contribution >= 4 is 40.4 Å². The van der Waals surface area contributed by atoms with Crippen LogP contribution in [0.3, 0.4) is 0 Å². The first-order chi connectivity index (χ1) is 0. The van der Waals surface area contributed by atoms with Crippen molar-refractivity contribution in [3.05, 3.63) is 0 Å². The topological polar surface area (TPSA) is 0 Å². The van der Waals surface area contributed by atoms with E-state index in [2.05, 4.69) is 0 Å². The standard InChI is InChI=1S/Al.Mg.Ti.2Zn.5H/q;+2;;;;;;;2*-1. The Balaban J connectivity index is 0. The van der Waals surface area contributed by atoms with Crippen LogP contribution in [0.5, 0.6) is 0 Å². The van der Waals surface area contributed by atoms with E-state index < -0.39 is 0 Å². The zero-order chi connectivity index (χ0) is 0. The zero-order valence-electron chi connectivity index (χ0n) is 4.62. The van der Waals surface area contributed by atoms with Gasteiger partial charge in [-0.1, -0.05) is 0 Å². The Bertz CT molecular complexity index is 15.7. The predicted octanol–water partition coefficient (Wildman–Crippen LogP) is -1.35. The summed E-state index contributed by atoms with van der Waals surface area (Å²) in [6.07, 6.45) is 0. The molecule has 0 aliphatic carbocycles. The van der Waals surface area contributed by atoms with E-state index in [1.807, 2.05) is 0 Å². The van der Waals surface area contributed by atoms with Crippen LogP contribution in [0.25, 0.3) is 0 Å². The van der Waals surface area contributed by atoms with Crippen LogP contribution in [0.2, 0.25) is 0 Å². The van der Waals surface area contributed by atoms with Crippen LogP contribution in [0, 0.1) is 0 Å². The molecule has 0 rings (SSSR count). The molecule has 0 atom stereocenters. The molecule has 0 bridgehead atoms. The van der Waals surface area contributed by atoms with Crippen molar-refractivity contribution in [2.45, 2.75) is 0 Å². The molecule has 0 saturated carbocycles. The summed E-state index contributed by atoms with van der Waals surface area (Å²) in [6, 6.07) is 0. The van der Waals surface area contributed by atoms with E-state index in [1.165, 1.54) is 0 Å². The third-order valence-corrected chi connectivity index (χ3v) is 0. The van der Waals surface area contributed by atoms with Gasteiger partial charge in [0.15, 0.2) is 17.4 Å². The van der Waals surface area contributed by atoms with Crippen LogP contribution < -0.4 is 0 Å². The van der Waals surface area contributed by atoms with E-state index in [0.29, 0.717) is 0 Å². The molecule has 0 aromatic rings. The number of rotatable bonds is 0. The van der Waals surface area contributed by atoms with E-state index in [9.17, 15) is 0 Å². The molecule has 0 unspecified atom stereocenters. The third-order valence-electron chi connectivity index (χ3n) is 0. The van der Waals surface area contributed by atoms with Crippen LogP contribution in [-0.2, 0) is 60.7 Å². The van der Waals surface area contributed by atoms with Crippen molar-refractivity contribution in [1.82, 2.24) is 0 Å². The predicted molar refractivity (Wildman–Crippen MR) is 17.9 cm³/mol. The molecule has 0 heterocycles. The largest absolute Gasteiger partial charge is 2.00 e. The number of hydrogen-bond acceptors (Lipinski definition) is 0. The Morgan fingerprint density at radius 1 is 1.00 bits per heavy atom. The molecule has 0 spiro atoms. The average Bonchev–Trinajstić information content (AvgIpc) is 0. The first kappa shape index (κ1) is 41.0. The van der Waals surface area contributed by atoms with E-state index in [-0.39, 0.29) is 104 Å². The van der Waals surface area contributed by atoms with Gasteiger partial charge in [0.25, 0.3) is 0 Å². The summed E-state index contributed by atoms with van der Waals surface area (Å²) in [5.41, 5.74) is 0. The maximum atomic E-state index is 0. The summed E-state index contributed by atoms with van der Waals surface area (Å²) in [5.74, 6) is 0. The van der Waals surface area contributed by atoms with Crippen LogP contribution in [0.1, 0.15) is 2.85 Å². The van der Waals surface area contributed by atoms with Gasteiger partial charge in [0.2, 0.25) is 0 Å². The monoisotopic (exact) mass is 232 g/mol. The van der Waals surface area contributed by atoms with Crippen molar-refractivity contribution in [2.24, 2.45) is 0 Å². The molecule has 0 aliphatic heterocycles. The van der Waals surface area contributed by atoms with Gasteiger partial charge in [0.05, 0.1) is 0 Å². The molecule has 0 fully saturated rings. The Hall–Kier alpha value is 3.26. The minimum atomic E-state index is 0. The second-order valence-electron chi connectivity index (χ2n) is 0. The first-order valence-corrected chi connectivity index (χ1v) is 0. The van der Waals surface area contributed by atoms with Crippen molar-refractivity contribution in [1.29, 1.82) is 0 Å². The molecular formula is H5AlMgTiZn2. The molecule has 0 radical (unpaired) electrons. The molecule has 0 aromatic carbocycles. The second kappa shape index (κ2) is 26.8. The van der Waals surface area contributed by atoms with Crippen molar-refractivity contribution in [3.63, 3.8) is 0 Å². The molecular weight excluding hydrogens is 230 g/mol. The van der Waals surface area contributed by atoms with Gasteiger partial charge in [-0.3, -0.25) is 0 Å². The fourth-order valence-corrected chi connectivity index (χ4v) is 0. The molecule has 5 heteroatoms. The van der Waals surface area contributed by atoms with Crippen LogP contribution in [0.4, 0.5) is 0 Å². The third kappa shape index (κ3) is 18.9. The minimum absolute atomic E-state index is 0. The van der Waals surface area contributed by atoms with Crippen LogP contribution >= 0.6 is 0 Å². The van der Waals surface area contributed by atoms with Gasteiger partial charge in [-0.05, 0) is 0 Å². The molecule has 0 N–H and O–H groups in total. The molecule has 5 heavy (non-hydrogen) atoms. The van der Waals surface area contributed by atoms with Crippen LogP contribution in [0.15, 0.2) is 0 Å². The first-order valence-electron chi connectivity index (χ1n) is 0. The molecule has 0 nitrogen and oxygen atoms in total. The van der Waals surface area contributed by atoms with Gasteiger partial charge in [-0.15, -0.1) is 0 Å². The van der Waals surface area contributed by atoms with E-state index >= 15 is 0 Å². The normalized spacial score (nSPS) is 0. The summed E-state index contributed by atoms with van der Waals surface area (Å²) >= 11 is 0. The minimum Gasteiger partial charge on any atom is -1.00 e. The zero-order valence-corrected chi connectivity index (χ0v) is 11.5. The van der Waals surface area contributed by atoms with E-state index in [4.69, 9.17) is 0 Å². The van der Waals surface area contributed by atoms with Gasteiger partial charge in [-0.2, -0.15) is 0 Å². The van der Waals surface area contributed by atoms with Crippen LogP contribution in [-0.4, -0.2) is 40.4 Å². The molecule has 0 amide bonds. The van der Waals surface area contributed by atoms with Crippen molar-refractivity contribution in [3.8, 4) is 0 Å². The smallest absolute Gasteiger partial charge is 1.00 e. The van der Waals surface area contributed by atoms with Gasteiger partial charge in [-0.25, -0.2) is 0 Å². The number of hydrogen-bond donors (Lipinski definition) is 0. The Morgan fingerprint density at radius 3 is 1.00 bits per heavy atom. The van der Waals surface area contributed by atoms with Crippen molar-refractivity contribution < 1.29 is 63.5 Å². The SMILES string of the molecule is [AlH3].[H-].[H-].[Mg+2].[Ti].[Zn].[Zn]. The fraction of sp³-hybridized carbons (Fsp3) is 0. The average molecular weight is 235 g/mol. The van der Waals surface area contributed by atoms with E-state index in [1.54, 1.807) is 0 Å². The van der Waals surface area contributed by atoms with Crippen molar-refractivity contribution in [2.75, 3.05) is 0 Å². The summed E-state index contributed by atoms with van der Waals surface area (Å²) < 4.78 is 0. The summed E-state index contributed by atoms with van der Waals surface area (Å²) in [7, 11) is 0. The summed E-state index contributed by atoms with van der Waals surface area (Å²) in [6.45, 7) is 0. The quantitative estimate of drug-likeness (QED) is 0.455. The summed E-state index contributed by atoms with van der Waals surface area (Å²) in [5, 5.41) is 0. The molecule has 0 saturated heterocycles. The maximum Gasteiger partial charge on any atom is 2.00 e.